The van der Waals surface area contributed by atoms with Crippen molar-refractivity contribution in [2.45, 2.75) is 20.0 Å². The fourth-order valence-corrected chi connectivity index (χ4v) is 2.72. The molecule has 136 valence electrons. The van der Waals surface area contributed by atoms with Gasteiger partial charge in [0, 0.05) is 18.1 Å². The number of fused-ring (bicyclic) bond motifs is 1. The fourth-order valence-electron chi connectivity index (χ4n) is 2.72. The zero-order valence-electron chi connectivity index (χ0n) is 14.2. The molecule has 0 spiro atoms. The van der Waals surface area contributed by atoms with Gasteiger partial charge in [-0.25, -0.2) is 0 Å². The number of carbonyl (C=O) groups excluding carboxylic acids is 1. The number of nitrogens with one attached hydrogen (secondary N) is 2. The van der Waals surface area contributed by atoms with Crippen LogP contribution in [0.5, 0.6) is 0 Å². The van der Waals surface area contributed by atoms with Gasteiger partial charge in [0.1, 0.15) is 5.56 Å². The van der Waals surface area contributed by atoms with E-state index in [-0.39, 0.29) is 16.9 Å². The van der Waals surface area contributed by atoms with E-state index in [1.165, 1.54) is 10.6 Å². The first kappa shape index (κ1) is 17.7. The summed E-state index contributed by atoms with van der Waals surface area (Å²) in [4.78, 5) is 24.9. The number of aryl methyl sites for hydroxylation is 2. The van der Waals surface area contributed by atoms with Crippen molar-refractivity contribution in [2.24, 2.45) is 7.05 Å². The lowest BCUT2D eigenvalue weighted by Crippen LogP contribution is -2.30. The van der Waals surface area contributed by atoms with E-state index in [0.717, 1.165) is 12.1 Å². The summed E-state index contributed by atoms with van der Waals surface area (Å²) in [6.07, 6.45) is -4.48. The minimum absolute atomic E-state index is 0.0406. The average Bonchev–Trinajstić information content (AvgIpc) is 2.94. The molecule has 0 aliphatic heterocycles. The maximum atomic E-state index is 12.8. The van der Waals surface area contributed by atoms with Gasteiger partial charge in [0.25, 0.3) is 11.5 Å². The standard InChI is InChI=1S/C17H15F3N4O2/c1-8-6-9(2)24(3)16(26)13(8)15(25)21-14-11-5-4-10(17(18,19)20)7-12(11)22-23-14/h4-7H,1-3H3,(H2,21,22,23,25). The van der Waals surface area contributed by atoms with Crippen molar-refractivity contribution in [2.75, 3.05) is 5.32 Å². The average molecular weight is 364 g/mol. The summed E-state index contributed by atoms with van der Waals surface area (Å²) in [6.45, 7) is 3.39. The number of aromatic nitrogens is 3. The van der Waals surface area contributed by atoms with Crippen LogP contribution in [-0.2, 0) is 13.2 Å². The smallest absolute Gasteiger partial charge is 0.315 e. The highest BCUT2D eigenvalue weighted by Gasteiger charge is 2.31. The van der Waals surface area contributed by atoms with Crippen molar-refractivity contribution in [3.63, 3.8) is 0 Å². The lowest BCUT2D eigenvalue weighted by molar-refractivity contribution is -0.137. The van der Waals surface area contributed by atoms with Gasteiger partial charge in [0.2, 0.25) is 0 Å². The summed E-state index contributed by atoms with van der Waals surface area (Å²) < 4.78 is 39.7. The zero-order valence-corrected chi connectivity index (χ0v) is 14.2. The van der Waals surface area contributed by atoms with Crippen LogP contribution in [0.25, 0.3) is 10.9 Å². The van der Waals surface area contributed by atoms with E-state index in [2.05, 4.69) is 15.5 Å². The third-order valence-electron chi connectivity index (χ3n) is 4.22. The number of benzene rings is 1. The Hall–Kier alpha value is -3.10. The second-order valence-corrected chi connectivity index (χ2v) is 5.99. The summed E-state index contributed by atoms with van der Waals surface area (Å²) in [6, 6.07) is 4.74. The first-order valence-corrected chi connectivity index (χ1v) is 7.63. The molecule has 0 saturated heterocycles. The predicted molar refractivity (Wildman–Crippen MR) is 90.2 cm³/mol. The summed E-state index contributed by atoms with van der Waals surface area (Å²) >= 11 is 0. The predicted octanol–water partition coefficient (Wildman–Crippen LogP) is 3.15. The molecule has 0 saturated carbocycles. The minimum atomic E-state index is -4.48. The van der Waals surface area contributed by atoms with Gasteiger partial charge >= 0.3 is 6.18 Å². The quantitative estimate of drug-likeness (QED) is 0.733. The highest BCUT2D eigenvalue weighted by Crippen LogP contribution is 2.32. The Morgan fingerprint density at radius 1 is 1.23 bits per heavy atom. The number of H-pyrrole nitrogens is 1. The molecule has 3 aromatic rings. The van der Waals surface area contributed by atoms with Crippen molar-refractivity contribution in [3.05, 3.63) is 57.0 Å². The molecule has 1 aromatic carbocycles. The molecule has 0 aliphatic carbocycles. The first-order chi connectivity index (χ1) is 12.1. The minimum Gasteiger partial charge on any atom is -0.315 e. The van der Waals surface area contributed by atoms with E-state index in [0.29, 0.717) is 16.6 Å². The summed E-state index contributed by atoms with van der Waals surface area (Å²) in [5.74, 6) is -0.614. The lowest BCUT2D eigenvalue weighted by atomic mass is 10.1. The molecule has 0 unspecified atom stereocenters. The number of rotatable bonds is 2. The van der Waals surface area contributed by atoms with Crippen molar-refractivity contribution in [1.29, 1.82) is 0 Å². The topological polar surface area (TPSA) is 79.8 Å². The third-order valence-corrected chi connectivity index (χ3v) is 4.22. The highest BCUT2D eigenvalue weighted by atomic mass is 19.4. The fraction of sp³-hybridized carbons (Fsp3) is 0.235. The van der Waals surface area contributed by atoms with E-state index < -0.39 is 23.2 Å². The maximum Gasteiger partial charge on any atom is 0.416 e. The van der Waals surface area contributed by atoms with Gasteiger partial charge in [-0.15, -0.1) is 0 Å². The molecule has 3 rings (SSSR count). The molecule has 0 fully saturated rings. The monoisotopic (exact) mass is 364 g/mol. The van der Waals surface area contributed by atoms with Gasteiger partial charge in [0.15, 0.2) is 5.82 Å². The van der Waals surface area contributed by atoms with E-state index in [9.17, 15) is 22.8 Å². The molecule has 9 heteroatoms. The number of amides is 1. The molecular weight excluding hydrogens is 349 g/mol. The Bertz CT molecular complexity index is 1080. The largest absolute Gasteiger partial charge is 0.416 e. The van der Waals surface area contributed by atoms with Crippen LogP contribution < -0.4 is 10.9 Å². The normalized spacial score (nSPS) is 11.8. The lowest BCUT2D eigenvalue weighted by Gasteiger charge is -2.10. The molecule has 26 heavy (non-hydrogen) atoms. The van der Waals surface area contributed by atoms with Crippen LogP contribution in [-0.4, -0.2) is 20.7 Å². The van der Waals surface area contributed by atoms with Crippen LogP contribution >= 0.6 is 0 Å². The molecule has 0 bridgehead atoms. The zero-order chi connectivity index (χ0) is 19.2. The van der Waals surface area contributed by atoms with Crippen molar-refractivity contribution < 1.29 is 18.0 Å². The molecule has 2 N–H and O–H groups in total. The first-order valence-electron chi connectivity index (χ1n) is 7.63. The Morgan fingerprint density at radius 3 is 2.58 bits per heavy atom. The maximum absolute atomic E-state index is 12.8. The number of carbonyl (C=O) groups is 1. The Kier molecular flexibility index (Phi) is 4.09. The van der Waals surface area contributed by atoms with Crippen LogP contribution in [0.4, 0.5) is 19.0 Å². The van der Waals surface area contributed by atoms with E-state index >= 15 is 0 Å². The summed E-state index contributed by atoms with van der Waals surface area (Å²) in [5, 5.41) is 9.11. The van der Waals surface area contributed by atoms with Gasteiger partial charge < -0.3 is 9.88 Å². The molecule has 2 heterocycles. The van der Waals surface area contributed by atoms with Crippen molar-refractivity contribution in [1.82, 2.24) is 14.8 Å². The van der Waals surface area contributed by atoms with Crippen molar-refractivity contribution in [3.8, 4) is 0 Å². The van der Waals surface area contributed by atoms with E-state index in [4.69, 9.17) is 0 Å². The van der Waals surface area contributed by atoms with Gasteiger partial charge in [0.05, 0.1) is 11.1 Å². The Morgan fingerprint density at radius 2 is 1.92 bits per heavy atom. The van der Waals surface area contributed by atoms with Gasteiger partial charge in [-0.2, -0.15) is 18.3 Å². The second-order valence-electron chi connectivity index (χ2n) is 5.99. The number of nitrogens with zero attached hydrogens (tertiary/aromatic N) is 2. The van der Waals surface area contributed by atoms with Crippen LogP contribution in [0.15, 0.2) is 29.1 Å². The number of anilines is 1. The number of aromatic amines is 1. The SMILES string of the molecule is Cc1cc(C)n(C)c(=O)c1C(=O)Nc1n[nH]c2cc(C(F)(F)F)ccc12. The van der Waals surface area contributed by atoms with Crippen LogP contribution in [0.2, 0.25) is 0 Å². The number of pyridine rings is 1. The highest BCUT2D eigenvalue weighted by molar-refractivity contribution is 6.08. The Labute approximate surface area is 145 Å². The Balaban J connectivity index is 1.99. The molecular formula is C17H15F3N4O2. The molecule has 0 aliphatic rings. The number of hydrogen-bond acceptors (Lipinski definition) is 3. The molecule has 0 radical (unpaired) electrons. The molecule has 2 aromatic heterocycles. The van der Waals surface area contributed by atoms with E-state index in [1.54, 1.807) is 27.0 Å². The van der Waals surface area contributed by atoms with Crippen LogP contribution in [0.3, 0.4) is 0 Å². The van der Waals surface area contributed by atoms with Crippen molar-refractivity contribution >= 4 is 22.6 Å². The molecule has 0 atom stereocenters. The summed E-state index contributed by atoms with van der Waals surface area (Å²) in [7, 11) is 1.55. The van der Waals surface area contributed by atoms with Crippen LogP contribution in [0.1, 0.15) is 27.2 Å². The number of halogens is 3. The number of hydrogen-bond donors (Lipinski definition) is 2. The third kappa shape index (κ3) is 2.96. The van der Waals surface area contributed by atoms with Gasteiger partial charge in [-0.1, -0.05) is 0 Å². The molecule has 6 nitrogen and oxygen atoms in total. The van der Waals surface area contributed by atoms with Gasteiger partial charge in [-0.3, -0.25) is 14.7 Å². The van der Waals surface area contributed by atoms with Crippen LogP contribution in [0, 0.1) is 13.8 Å². The second kappa shape index (κ2) is 6.01. The van der Waals surface area contributed by atoms with E-state index in [1.807, 2.05) is 0 Å². The van der Waals surface area contributed by atoms with Gasteiger partial charge in [-0.05, 0) is 43.7 Å². The molecule has 1 amide bonds. The summed E-state index contributed by atoms with van der Waals surface area (Å²) in [5.41, 5.74) is 0.00930. The number of alkyl halides is 3.